The number of amides is 1. The fourth-order valence-corrected chi connectivity index (χ4v) is 3.44. The summed E-state index contributed by atoms with van der Waals surface area (Å²) in [6.45, 7) is 1.60. The lowest BCUT2D eigenvalue weighted by molar-refractivity contribution is -0.120. The van der Waals surface area contributed by atoms with Crippen LogP contribution in [0.1, 0.15) is 12.8 Å². The number of aromatic nitrogens is 4. The molecule has 0 aliphatic carbocycles. The minimum absolute atomic E-state index is 0.0157. The molecule has 1 fully saturated rings. The van der Waals surface area contributed by atoms with Crippen molar-refractivity contribution >= 4 is 39.0 Å². The molecule has 1 aliphatic heterocycles. The van der Waals surface area contributed by atoms with E-state index in [-0.39, 0.29) is 11.8 Å². The molecule has 0 spiro atoms. The molecule has 0 atom stereocenters. The first-order valence-electron chi connectivity index (χ1n) is 8.18. The average Bonchev–Trinajstić information content (AvgIpc) is 3.11. The number of anilines is 2. The van der Waals surface area contributed by atoms with E-state index in [1.165, 1.54) is 0 Å². The predicted molar refractivity (Wildman–Crippen MR) is 98.5 cm³/mol. The molecule has 2 aromatic heterocycles. The zero-order valence-corrected chi connectivity index (χ0v) is 15.1. The van der Waals surface area contributed by atoms with Crippen LogP contribution in [0.4, 0.5) is 11.5 Å². The van der Waals surface area contributed by atoms with Gasteiger partial charge in [-0.05, 0) is 53.0 Å². The fraction of sp³-hybridized carbons (Fsp3) is 0.294. The molecule has 0 saturated carbocycles. The molecule has 1 aromatic carbocycles. The van der Waals surface area contributed by atoms with E-state index in [0.717, 1.165) is 47.6 Å². The normalized spacial score (nSPS) is 15.5. The number of piperidine rings is 1. The molecule has 4 rings (SSSR count). The van der Waals surface area contributed by atoms with E-state index < -0.39 is 0 Å². The zero-order valence-electron chi connectivity index (χ0n) is 13.5. The Bertz CT molecular complexity index is 903. The molecule has 8 heteroatoms. The van der Waals surface area contributed by atoms with E-state index in [1.807, 2.05) is 36.4 Å². The van der Waals surface area contributed by atoms with E-state index >= 15 is 0 Å². The number of carbonyl (C=O) groups excluding carboxylic acids is 1. The number of nitrogens with one attached hydrogen (secondary N) is 1. The molecule has 1 aliphatic rings. The largest absolute Gasteiger partial charge is 0.355 e. The van der Waals surface area contributed by atoms with Gasteiger partial charge in [-0.3, -0.25) is 4.79 Å². The summed E-state index contributed by atoms with van der Waals surface area (Å²) < 4.78 is 2.56. The van der Waals surface area contributed by atoms with Crippen molar-refractivity contribution in [2.24, 2.45) is 5.92 Å². The molecule has 0 radical (unpaired) electrons. The Balaban J connectivity index is 1.39. The summed E-state index contributed by atoms with van der Waals surface area (Å²) in [5.74, 6) is 0.979. The van der Waals surface area contributed by atoms with Crippen molar-refractivity contribution in [3.8, 4) is 0 Å². The molecule has 3 heterocycles. The molecular weight excluding hydrogens is 384 g/mol. The van der Waals surface area contributed by atoms with Gasteiger partial charge in [0.15, 0.2) is 5.65 Å². The van der Waals surface area contributed by atoms with Crippen LogP contribution in [0.5, 0.6) is 0 Å². The highest BCUT2D eigenvalue weighted by atomic mass is 79.9. The molecule has 1 saturated heterocycles. The number of nitrogens with zero attached hydrogens (tertiary/aromatic N) is 5. The maximum atomic E-state index is 12.5. The molecular formula is C17H17BrN6O. The van der Waals surface area contributed by atoms with Crippen LogP contribution in [0, 0.1) is 5.92 Å². The summed E-state index contributed by atoms with van der Waals surface area (Å²) >= 11 is 3.46. The van der Waals surface area contributed by atoms with E-state index in [4.69, 9.17) is 0 Å². The molecule has 1 amide bonds. The van der Waals surface area contributed by atoms with Crippen molar-refractivity contribution < 1.29 is 4.79 Å². The quantitative estimate of drug-likeness (QED) is 0.731. The summed E-state index contributed by atoms with van der Waals surface area (Å²) in [6, 6.07) is 11.5. The van der Waals surface area contributed by atoms with Crippen molar-refractivity contribution in [2.45, 2.75) is 12.8 Å². The Morgan fingerprint density at radius 1 is 1.16 bits per heavy atom. The summed E-state index contributed by atoms with van der Waals surface area (Å²) in [5.41, 5.74) is 1.54. The summed E-state index contributed by atoms with van der Waals surface area (Å²) in [6.07, 6.45) is 3.20. The van der Waals surface area contributed by atoms with Gasteiger partial charge in [0.2, 0.25) is 5.91 Å². The van der Waals surface area contributed by atoms with Crippen LogP contribution in [-0.4, -0.2) is 38.8 Å². The second kappa shape index (κ2) is 6.79. The highest BCUT2D eigenvalue weighted by Gasteiger charge is 2.26. The van der Waals surface area contributed by atoms with Crippen LogP contribution in [0.15, 0.2) is 47.2 Å². The summed E-state index contributed by atoms with van der Waals surface area (Å²) in [4.78, 5) is 14.7. The van der Waals surface area contributed by atoms with Gasteiger partial charge < -0.3 is 10.2 Å². The van der Waals surface area contributed by atoms with Gasteiger partial charge in [0, 0.05) is 23.5 Å². The highest BCUT2D eigenvalue weighted by molar-refractivity contribution is 9.10. The predicted octanol–water partition coefficient (Wildman–Crippen LogP) is 2.74. The number of hydrogen-bond acceptors (Lipinski definition) is 5. The van der Waals surface area contributed by atoms with E-state index in [2.05, 4.69) is 41.4 Å². The number of fused-ring (bicyclic) bond motifs is 1. The van der Waals surface area contributed by atoms with Gasteiger partial charge >= 0.3 is 0 Å². The van der Waals surface area contributed by atoms with Crippen LogP contribution in [0.25, 0.3) is 5.65 Å². The second-order valence-electron chi connectivity index (χ2n) is 6.06. The Morgan fingerprint density at radius 2 is 1.96 bits per heavy atom. The van der Waals surface area contributed by atoms with E-state index in [0.29, 0.717) is 0 Å². The molecule has 3 aromatic rings. The number of rotatable bonds is 3. The van der Waals surface area contributed by atoms with Crippen molar-refractivity contribution in [1.82, 2.24) is 19.8 Å². The molecule has 0 bridgehead atoms. The van der Waals surface area contributed by atoms with Gasteiger partial charge in [0.05, 0.1) is 5.69 Å². The smallest absolute Gasteiger partial charge is 0.227 e. The van der Waals surface area contributed by atoms with Crippen molar-refractivity contribution in [1.29, 1.82) is 0 Å². The summed E-state index contributed by atoms with van der Waals surface area (Å²) in [7, 11) is 0. The minimum Gasteiger partial charge on any atom is -0.355 e. The Morgan fingerprint density at radius 3 is 2.76 bits per heavy atom. The molecule has 0 unspecified atom stereocenters. The Kier molecular flexibility index (Phi) is 4.35. The van der Waals surface area contributed by atoms with E-state index in [1.54, 1.807) is 10.8 Å². The topological polar surface area (TPSA) is 75.4 Å². The van der Waals surface area contributed by atoms with Gasteiger partial charge in [-0.25, -0.2) is 0 Å². The van der Waals surface area contributed by atoms with Crippen LogP contribution >= 0.6 is 15.9 Å². The van der Waals surface area contributed by atoms with E-state index in [9.17, 15) is 4.79 Å². The van der Waals surface area contributed by atoms with Crippen LogP contribution < -0.4 is 10.2 Å². The number of benzene rings is 1. The van der Waals surface area contributed by atoms with Gasteiger partial charge in [-0.2, -0.15) is 4.52 Å². The Hall–Kier alpha value is -2.48. The fourth-order valence-electron chi connectivity index (χ4n) is 3.06. The third-order valence-corrected chi connectivity index (χ3v) is 5.16. The third-order valence-electron chi connectivity index (χ3n) is 4.47. The number of halogens is 1. The summed E-state index contributed by atoms with van der Waals surface area (Å²) in [5, 5.41) is 15.3. The van der Waals surface area contributed by atoms with Crippen molar-refractivity contribution in [3.05, 3.63) is 47.2 Å². The van der Waals surface area contributed by atoms with Crippen LogP contribution in [-0.2, 0) is 4.79 Å². The molecule has 1 N–H and O–H groups in total. The monoisotopic (exact) mass is 400 g/mol. The number of hydrogen-bond donors (Lipinski definition) is 1. The van der Waals surface area contributed by atoms with Crippen LogP contribution in [0.3, 0.4) is 0 Å². The van der Waals surface area contributed by atoms with Crippen LogP contribution in [0.2, 0.25) is 0 Å². The highest BCUT2D eigenvalue weighted by Crippen LogP contribution is 2.26. The lowest BCUT2D eigenvalue weighted by atomic mass is 9.96. The lowest BCUT2D eigenvalue weighted by Crippen LogP contribution is -2.38. The maximum Gasteiger partial charge on any atom is 0.227 e. The maximum absolute atomic E-state index is 12.5. The van der Waals surface area contributed by atoms with Gasteiger partial charge in [-0.1, -0.05) is 12.1 Å². The number of carbonyl (C=O) groups is 1. The first-order valence-corrected chi connectivity index (χ1v) is 8.97. The molecule has 128 valence electrons. The minimum atomic E-state index is 0.0157. The van der Waals surface area contributed by atoms with Gasteiger partial charge in [-0.15, -0.1) is 15.3 Å². The number of para-hydroxylation sites is 1. The first-order chi connectivity index (χ1) is 12.2. The SMILES string of the molecule is O=C(Nc1ccccc1Br)C1CCN(c2ccc3nncn3n2)CC1. The molecule has 25 heavy (non-hydrogen) atoms. The lowest BCUT2D eigenvalue weighted by Gasteiger charge is -2.32. The Labute approximate surface area is 153 Å². The second-order valence-corrected chi connectivity index (χ2v) is 6.91. The standard InChI is InChI=1S/C17H17BrN6O/c18-13-3-1-2-4-14(13)20-17(25)12-7-9-23(10-8-12)16-6-5-15-21-19-11-24(15)22-16/h1-6,11-12H,7-10H2,(H,20,25). The van der Waals surface area contributed by atoms with Gasteiger partial charge in [0.25, 0.3) is 0 Å². The van der Waals surface area contributed by atoms with Gasteiger partial charge in [0.1, 0.15) is 12.1 Å². The van der Waals surface area contributed by atoms with Crippen molar-refractivity contribution in [3.63, 3.8) is 0 Å². The third kappa shape index (κ3) is 3.34. The first kappa shape index (κ1) is 16.0. The average molecular weight is 401 g/mol. The zero-order chi connectivity index (χ0) is 17.2. The molecule has 7 nitrogen and oxygen atoms in total. The van der Waals surface area contributed by atoms with Crippen molar-refractivity contribution in [2.75, 3.05) is 23.3 Å².